The van der Waals surface area contributed by atoms with Gasteiger partial charge in [-0.3, -0.25) is 4.68 Å². The second-order valence-corrected chi connectivity index (χ2v) is 4.82. The predicted molar refractivity (Wildman–Crippen MR) is 59.3 cm³/mol. The van der Waals surface area contributed by atoms with Crippen molar-refractivity contribution in [1.82, 2.24) is 9.78 Å². The molecule has 0 aliphatic heterocycles. The van der Waals surface area contributed by atoms with Crippen LogP contribution in [0.2, 0.25) is 0 Å². The molecule has 2 atom stereocenters. The standard InChI is InChI=1S/C10H15BrN2O2/c1-2-13-8(7(11)5-12-13)10(15)9(14)6-3-4-6/h5-6,9-10,14-15H,2-4H2,1H3. The number of aromatic nitrogens is 2. The highest BCUT2D eigenvalue weighted by Gasteiger charge is 2.37. The van der Waals surface area contributed by atoms with Crippen molar-refractivity contribution in [1.29, 1.82) is 0 Å². The van der Waals surface area contributed by atoms with E-state index in [1.807, 2.05) is 6.92 Å². The summed E-state index contributed by atoms with van der Waals surface area (Å²) in [6, 6.07) is 0. The number of rotatable bonds is 4. The molecule has 0 spiro atoms. The van der Waals surface area contributed by atoms with Gasteiger partial charge in [0.05, 0.1) is 22.5 Å². The first kappa shape index (κ1) is 11.1. The molecule has 1 aliphatic rings. The average molecular weight is 275 g/mol. The number of halogens is 1. The summed E-state index contributed by atoms with van der Waals surface area (Å²) in [5, 5.41) is 24.0. The van der Waals surface area contributed by atoms with E-state index in [1.165, 1.54) is 0 Å². The first-order chi connectivity index (χ1) is 7.15. The van der Waals surface area contributed by atoms with Crippen LogP contribution in [0.4, 0.5) is 0 Å². The number of hydrogen-bond donors (Lipinski definition) is 2. The molecule has 2 rings (SSSR count). The maximum absolute atomic E-state index is 10.0. The van der Waals surface area contributed by atoms with E-state index in [4.69, 9.17) is 0 Å². The minimum Gasteiger partial charge on any atom is -0.390 e. The second kappa shape index (κ2) is 4.23. The Morgan fingerprint density at radius 3 is 2.80 bits per heavy atom. The van der Waals surface area contributed by atoms with Gasteiger partial charge in [-0.1, -0.05) is 0 Å². The van der Waals surface area contributed by atoms with Gasteiger partial charge in [0.15, 0.2) is 0 Å². The molecular weight excluding hydrogens is 260 g/mol. The van der Waals surface area contributed by atoms with Crippen molar-refractivity contribution in [2.75, 3.05) is 0 Å². The maximum atomic E-state index is 10.0. The molecule has 1 saturated carbocycles. The molecule has 2 unspecified atom stereocenters. The minimum atomic E-state index is -0.839. The lowest BCUT2D eigenvalue weighted by molar-refractivity contribution is -0.000503. The number of aryl methyl sites for hydroxylation is 1. The Morgan fingerprint density at radius 1 is 1.60 bits per heavy atom. The van der Waals surface area contributed by atoms with Crippen LogP contribution >= 0.6 is 15.9 Å². The number of hydrogen-bond acceptors (Lipinski definition) is 3. The summed E-state index contributed by atoms with van der Waals surface area (Å²) >= 11 is 3.34. The molecule has 2 N–H and O–H groups in total. The zero-order valence-electron chi connectivity index (χ0n) is 8.60. The third-order valence-corrected chi connectivity index (χ3v) is 3.45. The number of aliphatic hydroxyl groups excluding tert-OH is 2. The van der Waals surface area contributed by atoms with E-state index in [-0.39, 0.29) is 5.92 Å². The molecular formula is C10H15BrN2O2. The molecule has 1 aliphatic carbocycles. The lowest BCUT2D eigenvalue weighted by Gasteiger charge is -2.18. The summed E-state index contributed by atoms with van der Waals surface area (Å²) < 4.78 is 2.47. The Balaban J connectivity index is 2.22. The highest BCUT2D eigenvalue weighted by atomic mass is 79.9. The van der Waals surface area contributed by atoms with Crippen LogP contribution in [-0.2, 0) is 6.54 Å². The van der Waals surface area contributed by atoms with Gasteiger partial charge in [-0.15, -0.1) is 0 Å². The topological polar surface area (TPSA) is 58.3 Å². The van der Waals surface area contributed by atoms with Crippen molar-refractivity contribution >= 4 is 15.9 Å². The van der Waals surface area contributed by atoms with Gasteiger partial charge in [0, 0.05) is 6.54 Å². The molecule has 4 nitrogen and oxygen atoms in total. The van der Waals surface area contributed by atoms with E-state index < -0.39 is 12.2 Å². The second-order valence-electron chi connectivity index (χ2n) is 3.97. The largest absolute Gasteiger partial charge is 0.390 e. The fourth-order valence-electron chi connectivity index (χ4n) is 1.78. The molecule has 1 fully saturated rings. The molecule has 5 heteroatoms. The molecule has 0 bridgehead atoms. The fraction of sp³-hybridized carbons (Fsp3) is 0.700. The van der Waals surface area contributed by atoms with Gasteiger partial charge in [-0.25, -0.2) is 0 Å². The van der Waals surface area contributed by atoms with E-state index in [0.717, 1.165) is 17.3 Å². The highest BCUT2D eigenvalue weighted by Crippen LogP contribution is 2.39. The van der Waals surface area contributed by atoms with Crippen molar-refractivity contribution in [2.24, 2.45) is 5.92 Å². The van der Waals surface area contributed by atoms with Crippen molar-refractivity contribution in [3.63, 3.8) is 0 Å². The van der Waals surface area contributed by atoms with E-state index in [1.54, 1.807) is 10.9 Å². The summed E-state index contributed by atoms with van der Waals surface area (Å²) in [6.07, 6.45) is 2.17. The van der Waals surface area contributed by atoms with E-state index in [2.05, 4.69) is 21.0 Å². The van der Waals surface area contributed by atoms with Crippen LogP contribution in [-0.4, -0.2) is 26.1 Å². The molecule has 0 radical (unpaired) electrons. The summed E-state index contributed by atoms with van der Waals surface area (Å²) in [7, 11) is 0. The van der Waals surface area contributed by atoms with Gasteiger partial charge >= 0.3 is 0 Å². The summed E-state index contributed by atoms with van der Waals surface area (Å²) in [5.41, 5.74) is 0.678. The van der Waals surface area contributed by atoms with Crippen molar-refractivity contribution in [3.05, 3.63) is 16.4 Å². The van der Waals surface area contributed by atoms with E-state index >= 15 is 0 Å². The summed E-state index contributed by atoms with van der Waals surface area (Å²) in [5.74, 6) is 0.257. The fourth-order valence-corrected chi connectivity index (χ4v) is 2.31. The van der Waals surface area contributed by atoms with E-state index in [9.17, 15) is 10.2 Å². The molecule has 1 aromatic rings. The van der Waals surface area contributed by atoms with Crippen LogP contribution in [0, 0.1) is 5.92 Å². The van der Waals surface area contributed by atoms with Gasteiger partial charge in [-0.05, 0) is 41.6 Å². The molecule has 0 amide bonds. The van der Waals surface area contributed by atoms with Gasteiger partial charge < -0.3 is 10.2 Å². The molecule has 0 saturated heterocycles. The molecule has 15 heavy (non-hydrogen) atoms. The molecule has 1 aromatic heterocycles. The highest BCUT2D eigenvalue weighted by molar-refractivity contribution is 9.10. The molecule has 1 heterocycles. The van der Waals surface area contributed by atoms with Gasteiger partial charge in [0.2, 0.25) is 0 Å². The summed E-state index contributed by atoms with van der Waals surface area (Å²) in [4.78, 5) is 0. The van der Waals surface area contributed by atoms with Crippen LogP contribution < -0.4 is 0 Å². The van der Waals surface area contributed by atoms with Crippen LogP contribution in [0.25, 0.3) is 0 Å². The Morgan fingerprint density at radius 2 is 2.27 bits per heavy atom. The normalized spacial score (nSPS) is 20.3. The van der Waals surface area contributed by atoms with Crippen molar-refractivity contribution in [3.8, 4) is 0 Å². The summed E-state index contributed by atoms with van der Waals surface area (Å²) in [6.45, 7) is 2.65. The Hall–Kier alpha value is -0.390. The zero-order chi connectivity index (χ0) is 11.0. The number of aliphatic hydroxyl groups is 2. The van der Waals surface area contributed by atoms with Gasteiger partial charge in [0.25, 0.3) is 0 Å². The predicted octanol–water partition coefficient (Wildman–Crippen LogP) is 1.47. The zero-order valence-corrected chi connectivity index (χ0v) is 10.2. The van der Waals surface area contributed by atoms with E-state index in [0.29, 0.717) is 12.2 Å². The number of nitrogens with zero attached hydrogens (tertiary/aromatic N) is 2. The monoisotopic (exact) mass is 274 g/mol. The van der Waals surface area contributed by atoms with Crippen molar-refractivity contribution in [2.45, 2.75) is 38.5 Å². The average Bonchev–Trinajstić information content (AvgIpc) is 3.00. The van der Waals surface area contributed by atoms with Crippen LogP contribution in [0.5, 0.6) is 0 Å². The van der Waals surface area contributed by atoms with Gasteiger partial charge in [0.1, 0.15) is 6.10 Å². The Kier molecular flexibility index (Phi) is 3.13. The Bertz CT molecular complexity index is 349. The first-order valence-electron chi connectivity index (χ1n) is 5.22. The van der Waals surface area contributed by atoms with Crippen LogP contribution in [0.3, 0.4) is 0 Å². The van der Waals surface area contributed by atoms with Gasteiger partial charge in [-0.2, -0.15) is 5.10 Å². The quantitative estimate of drug-likeness (QED) is 0.874. The minimum absolute atomic E-state index is 0.257. The van der Waals surface area contributed by atoms with Crippen LogP contribution in [0.15, 0.2) is 10.7 Å². The SMILES string of the molecule is CCn1ncc(Br)c1C(O)C(O)C1CC1. The maximum Gasteiger partial charge on any atom is 0.123 e. The first-order valence-corrected chi connectivity index (χ1v) is 6.01. The third kappa shape index (κ3) is 2.09. The molecule has 0 aromatic carbocycles. The Labute approximate surface area is 97.0 Å². The van der Waals surface area contributed by atoms with Crippen LogP contribution in [0.1, 0.15) is 31.6 Å². The van der Waals surface area contributed by atoms with Crippen molar-refractivity contribution < 1.29 is 10.2 Å². The smallest absolute Gasteiger partial charge is 0.123 e. The lowest BCUT2D eigenvalue weighted by atomic mass is 10.1. The molecule has 84 valence electrons. The third-order valence-electron chi connectivity index (χ3n) is 2.84. The lowest BCUT2D eigenvalue weighted by Crippen LogP contribution is -2.23.